The number of aryl methyl sites for hydroxylation is 2. The Labute approximate surface area is 184 Å². The van der Waals surface area contributed by atoms with E-state index in [1.54, 1.807) is 11.8 Å². The van der Waals surface area contributed by atoms with Crippen molar-refractivity contribution in [3.05, 3.63) is 64.2 Å². The fourth-order valence-corrected chi connectivity index (χ4v) is 3.15. The van der Waals surface area contributed by atoms with Crippen molar-refractivity contribution in [1.29, 1.82) is 0 Å². The van der Waals surface area contributed by atoms with Crippen molar-refractivity contribution in [3.8, 4) is 5.75 Å². The zero-order valence-corrected chi connectivity index (χ0v) is 19.1. The number of hydrogen-bond acceptors (Lipinski definition) is 3. The molecule has 0 aliphatic heterocycles. The first-order valence-corrected chi connectivity index (χ1v) is 10.6. The first kappa shape index (κ1) is 23.7. The number of hydrogen-bond donors (Lipinski definition) is 1. The Hall–Kier alpha value is -2.53. The van der Waals surface area contributed by atoms with Gasteiger partial charge in [-0.1, -0.05) is 48.9 Å². The second-order valence-corrected chi connectivity index (χ2v) is 8.04. The Kier molecular flexibility index (Phi) is 8.72. The van der Waals surface area contributed by atoms with E-state index in [2.05, 4.69) is 5.32 Å². The van der Waals surface area contributed by atoms with Gasteiger partial charge in [-0.25, -0.2) is 0 Å². The average molecular weight is 431 g/mol. The fourth-order valence-electron chi connectivity index (χ4n) is 3.05. The number of amides is 2. The smallest absolute Gasteiger partial charge is 0.261 e. The minimum absolute atomic E-state index is 0.0462. The van der Waals surface area contributed by atoms with Crippen LogP contribution in [0.3, 0.4) is 0 Å². The van der Waals surface area contributed by atoms with E-state index in [1.165, 1.54) is 0 Å². The normalized spacial score (nSPS) is 12.7. The number of nitrogens with one attached hydrogen (secondary N) is 1. The van der Waals surface area contributed by atoms with Crippen LogP contribution >= 0.6 is 11.6 Å². The van der Waals surface area contributed by atoms with E-state index in [0.717, 1.165) is 23.1 Å². The third kappa shape index (κ3) is 6.49. The molecule has 0 aromatic heterocycles. The van der Waals surface area contributed by atoms with Crippen LogP contribution in [0.2, 0.25) is 5.02 Å². The number of halogens is 1. The highest BCUT2D eigenvalue weighted by atomic mass is 35.5. The van der Waals surface area contributed by atoms with E-state index in [4.69, 9.17) is 16.3 Å². The Morgan fingerprint density at radius 3 is 2.27 bits per heavy atom. The van der Waals surface area contributed by atoms with Gasteiger partial charge in [-0.3, -0.25) is 9.59 Å². The molecule has 0 saturated carbocycles. The lowest BCUT2D eigenvalue weighted by molar-refractivity contribution is -0.142. The molecule has 2 atom stereocenters. The summed E-state index contributed by atoms with van der Waals surface area (Å²) in [6, 6.07) is 12.7. The van der Waals surface area contributed by atoms with E-state index >= 15 is 0 Å². The van der Waals surface area contributed by atoms with Gasteiger partial charge in [0.1, 0.15) is 11.8 Å². The maximum absolute atomic E-state index is 13.1. The van der Waals surface area contributed by atoms with Gasteiger partial charge < -0.3 is 15.0 Å². The predicted molar refractivity (Wildman–Crippen MR) is 121 cm³/mol. The van der Waals surface area contributed by atoms with E-state index in [1.807, 2.05) is 70.2 Å². The third-order valence-electron chi connectivity index (χ3n) is 5.14. The first-order chi connectivity index (χ1) is 14.2. The van der Waals surface area contributed by atoms with Gasteiger partial charge in [0.15, 0.2) is 6.61 Å². The molecule has 2 aromatic carbocycles. The van der Waals surface area contributed by atoms with Crippen LogP contribution in [0.25, 0.3) is 0 Å². The maximum Gasteiger partial charge on any atom is 0.261 e. The van der Waals surface area contributed by atoms with E-state index in [0.29, 0.717) is 17.3 Å². The van der Waals surface area contributed by atoms with Crippen LogP contribution in [0.5, 0.6) is 5.75 Å². The summed E-state index contributed by atoms with van der Waals surface area (Å²) in [5, 5.41) is 3.65. The third-order valence-corrected chi connectivity index (χ3v) is 5.73. The Morgan fingerprint density at radius 2 is 1.70 bits per heavy atom. The van der Waals surface area contributed by atoms with Crippen LogP contribution in [0.4, 0.5) is 0 Å². The highest BCUT2D eigenvalue weighted by Crippen LogP contribution is 2.26. The van der Waals surface area contributed by atoms with Crippen LogP contribution < -0.4 is 10.1 Å². The van der Waals surface area contributed by atoms with Crippen molar-refractivity contribution >= 4 is 23.4 Å². The lowest BCUT2D eigenvalue weighted by Crippen LogP contribution is -2.50. The zero-order valence-electron chi connectivity index (χ0n) is 18.4. The second kappa shape index (κ2) is 11.0. The van der Waals surface area contributed by atoms with Crippen molar-refractivity contribution in [2.24, 2.45) is 0 Å². The van der Waals surface area contributed by atoms with Crippen molar-refractivity contribution in [1.82, 2.24) is 10.2 Å². The van der Waals surface area contributed by atoms with E-state index < -0.39 is 6.04 Å². The molecule has 0 bridgehead atoms. The van der Waals surface area contributed by atoms with Crippen LogP contribution in [-0.2, 0) is 16.1 Å². The molecule has 1 N–H and O–H groups in total. The summed E-state index contributed by atoms with van der Waals surface area (Å²) in [4.78, 5) is 27.3. The fraction of sp³-hybridized carbons (Fsp3) is 0.417. The van der Waals surface area contributed by atoms with Gasteiger partial charge in [0.05, 0.1) is 0 Å². The van der Waals surface area contributed by atoms with Gasteiger partial charge in [0.2, 0.25) is 5.91 Å². The molecule has 0 aliphatic rings. The van der Waals surface area contributed by atoms with Gasteiger partial charge in [-0.2, -0.15) is 0 Å². The topological polar surface area (TPSA) is 58.6 Å². The Morgan fingerprint density at radius 1 is 1.10 bits per heavy atom. The molecule has 0 radical (unpaired) electrons. The molecule has 2 unspecified atom stereocenters. The van der Waals surface area contributed by atoms with E-state index in [-0.39, 0.29) is 24.5 Å². The van der Waals surface area contributed by atoms with Gasteiger partial charge in [-0.05, 0) is 62.9 Å². The maximum atomic E-state index is 13.1. The summed E-state index contributed by atoms with van der Waals surface area (Å²) in [6.45, 7) is 9.66. The number of nitrogens with zero attached hydrogens (tertiary/aromatic N) is 1. The molecule has 0 aliphatic carbocycles. The lowest BCUT2D eigenvalue weighted by atomic mass is 10.1. The molecule has 0 saturated heterocycles. The Balaban J connectivity index is 2.16. The monoisotopic (exact) mass is 430 g/mol. The Bertz CT molecular complexity index is 847. The standard InChI is InChI=1S/C24H31ClN2O3/c1-6-18(4)26-24(29)19(5)27(14-20-10-8-7-9-11-20)22(28)15-30-21-12-16(2)23(25)17(3)13-21/h7-13,18-19H,6,14-15H2,1-5H3,(H,26,29). The minimum atomic E-state index is -0.621. The molecular weight excluding hydrogens is 400 g/mol. The molecule has 2 aromatic rings. The lowest BCUT2D eigenvalue weighted by Gasteiger charge is -2.29. The molecule has 0 fully saturated rings. The molecular formula is C24H31ClN2O3. The zero-order chi connectivity index (χ0) is 22.3. The molecule has 0 spiro atoms. The molecule has 0 heterocycles. The van der Waals surface area contributed by atoms with Crippen molar-refractivity contribution in [2.45, 2.75) is 59.7 Å². The summed E-state index contributed by atoms with van der Waals surface area (Å²) >= 11 is 6.21. The molecule has 2 amide bonds. The number of carbonyl (C=O) groups excluding carboxylic acids is 2. The number of ether oxygens (including phenoxy) is 1. The van der Waals surface area contributed by atoms with Crippen LogP contribution in [-0.4, -0.2) is 35.4 Å². The van der Waals surface area contributed by atoms with Gasteiger partial charge in [0.25, 0.3) is 5.91 Å². The van der Waals surface area contributed by atoms with E-state index in [9.17, 15) is 9.59 Å². The largest absolute Gasteiger partial charge is 0.484 e. The predicted octanol–water partition coefficient (Wildman–Crippen LogP) is 4.67. The second-order valence-electron chi connectivity index (χ2n) is 7.66. The molecule has 2 rings (SSSR count). The van der Waals surface area contributed by atoms with Gasteiger partial charge in [0, 0.05) is 17.6 Å². The highest BCUT2D eigenvalue weighted by Gasteiger charge is 2.27. The van der Waals surface area contributed by atoms with Gasteiger partial charge in [-0.15, -0.1) is 0 Å². The first-order valence-electron chi connectivity index (χ1n) is 10.3. The summed E-state index contributed by atoms with van der Waals surface area (Å²) in [5.74, 6) is 0.154. The van der Waals surface area contributed by atoms with Crippen LogP contribution in [0.15, 0.2) is 42.5 Å². The summed E-state index contributed by atoms with van der Waals surface area (Å²) in [7, 11) is 0. The number of benzene rings is 2. The average Bonchev–Trinajstić information content (AvgIpc) is 2.74. The molecule has 5 nitrogen and oxygen atoms in total. The minimum Gasteiger partial charge on any atom is -0.484 e. The van der Waals surface area contributed by atoms with Crippen molar-refractivity contribution in [3.63, 3.8) is 0 Å². The van der Waals surface area contributed by atoms with Crippen molar-refractivity contribution in [2.75, 3.05) is 6.61 Å². The molecule has 6 heteroatoms. The van der Waals surface area contributed by atoms with Crippen LogP contribution in [0.1, 0.15) is 43.9 Å². The number of carbonyl (C=O) groups is 2. The molecule has 30 heavy (non-hydrogen) atoms. The van der Waals surface area contributed by atoms with Crippen LogP contribution in [0, 0.1) is 13.8 Å². The number of rotatable bonds is 9. The quantitative estimate of drug-likeness (QED) is 0.629. The van der Waals surface area contributed by atoms with Crippen molar-refractivity contribution < 1.29 is 14.3 Å². The SMILES string of the molecule is CCC(C)NC(=O)C(C)N(Cc1ccccc1)C(=O)COc1cc(C)c(Cl)c(C)c1. The highest BCUT2D eigenvalue weighted by molar-refractivity contribution is 6.32. The van der Waals surface area contributed by atoms with Gasteiger partial charge >= 0.3 is 0 Å². The summed E-state index contributed by atoms with van der Waals surface area (Å²) in [6.07, 6.45) is 0.823. The molecule has 162 valence electrons. The summed E-state index contributed by atoms with van der Waals surface area (Å²) in [5.41, 5.74) is 2.73. The summed E-state index contributed by atoms with van der Waals surface area (Å²) < 4.78 is 5.75.